The van der Waals surface area contributed by atoms with E-state index in [2.05, 4.69) is 14.5 Å². The fraction of sp³-hybridized carbons (Fsp3) is 0.500. The topological polar surface area (TPSA) is 46.3 Å². The predicted octanol–water partition coefficient (Wildman–Crippen LogP) is 0.689. The summed E-state index contributed by atoms with van der Waals surface area (Å²) in [7, 11) is 0. The van der Waals surface area contributed by atoms with E-state index in [9.17, 15) is 0 Å². The molecule has 1 fully saturated rings. The van der Waals surface area contributed by atoms with Crippen molar-refractivity contribution in [2.75, 3.05) is 0 Å². The molecule has 1 saturated heterocycles. The minimum Gasteiger partial charge on any atom is -0.414 e. The first-order valence-corrected chi connectivity index (χ1v) is 3.22. The van der Waals surface area contributed by atoms with Crippen molar-refractivity contribution in [2.45, 2.75) is 12.8 Å². The summed E-state index contributed by atoms with van der Waals surface area (Å²) < 4.78 is 7.73. The first-order chi connectivity index (χ1) is 4.31. The van der Waals surface area contributed by atoms with Crippen molar-refractivity contribution in [3.8, 4) is 0 Å². The molecule has 0 radical (unpaired) electrons. The lowest BCUT2D eigenvalue weighted by atomic mass is 10.4. The number of rotatable bonds is 0. The normalized spacial score (nSPS) is 29.2. The third-order valence-electron chi connectivity index (χ3n) is 1.01. The Balaban J connectivity index is 2.18. The zero-order chi connectivity index (χ0) is 6.32. The molecule has 9 heavy (non-hydrogen) atoms. The van der Waals surface area contributed by atoms with Crippen LogP contribution in [0.1, 0.15) is 6.92 Å². The lowest BCUT2D eigenvalue weighted by Gasteiger charge is -2.11. The molecule has 0 unspecified atom stereocenters. The summed E-state index contributed by atoms with van der Waals surface area (Å²) in [4.78, 5) is 9.24. The molecule has 0 saturated carbocycles. The van der Waals surface area contributed by atoms with E-state index in [-0.39, 0.29) is 0 Å². The predicted molar refractivity (Wildman–Crippen MR) is 30.5 cm³/mol. The maximum atomic E-state index is 4.96. The van der Waals surface area contributed by atoms with E-state index >= 15 is 0 Å². The van der Waals surface area contributed by atoms with Gasteiger partial charge in [0.2, 0.25) is 0 Å². The summed E-state index contributed by atoms with van der Waals surface area (Å²) in [5, 5.41) is 0. The van der Waals surface area contributed by atoms with Crippen LogP contribution < -0.4 is 4.72 Å². The van der Waals surface area contributed by atoms with Crippen molar-refractivity contribution in [1.29, 1.82) is 0 Å². The van der Waals surface area contributed by atoms with Gasteiger partial charge in [0.25, 0.3) is 0 Å². The van der Waals surface area contributed by atoms with Gasteiger partial charge in [-0.15, -0.1) is 0 Å². The summed E-state index contributed by atoms with van der Waals surface area (Å²) in [6.07, 6.45) is 1.73. The van der Waals surface area contributed by atoms with Crippen LogP contribution in [-0.2, 0) is 14.0 Å². The summed E-state index contributed by atoms with van der Waals surface area (Å²) in [6.45, 7) is 1.83. The van der Waals surface area contributed by atoms with Crippen molar-refractivity contribution < 1.29 is 14.0 Å². The highest BCUT2D eigenvalue weighted by atomic mass is 32.2. The molecule has 1 N–H and O–H groups in total. The second kappa shape index (κ2) is 1.63. The molecule has 2 aliphatic rings. The number of hydrogen-bond acceptors (Lipinski definition) is 5. The van der Waals surface area contributed by atoms with E-state index in [1.165, 1.54) is 0 Å². The zero-order valence-electron chi connectivity index (χ0n) is 4.71. The number of allylic oxidation sites excluding steroid dienone is 1. The smallest absolute Gasteiger partial charge is 0.322 e. The second-order valence-corrected chi connectivity index (χ2v) is 2.40. The molecule has 0 amide bonds. The van der Waals surface area contributed by atoms with Gasteiger partial charge < -0.3 is 4.18 Å². The van der Waals surface area contributed by atoms with E-state index < -0.39 is 5.91 Å². The summed E-state index contributed by atoms with van der Waals surface area (Å²) in [6, 6.07) is 0. The monoisotopic (exact) mass is 147 g/mol. The molecule has 0 aromatic carbocycles. The Bertz CT molecular complexity index is 165. The minimum atomic E-state index is -0.674. The zero-order valence-corrected chi connectivity index (χ0v) is 5.53. The van der Waals surface area contributed by atoms with Gasteiger partial charge in [-0.1, -0.05) is 0 Å². The molecular weight excluding hydrogens is 142 g/mol. The number of nitrogens with one attached hydrogen (secondary N) is 1. The fourth-order valence-electron chi connectivity index (χ4n) is 0.593. The van der Waals surface area contributed by atoms with E-state index in [4.69, 9.17) is 4.18 Å². The average molecular weight is 147 g/mol. The lowest BCUT2D eigenvalue weighted by Crippen LogP contribution is -2.27. The van der Waals surface area contributed by atoms with Gasteiger partial charge >= 0.3 is 5.91 Å². The van der Waals surface area contributed by atoms with Crippen molar-refractivity contribution in [2.24, 2.45) is 0 Å². The molecule has 2 rings (SSSR count). The molecule has 5 heteroatoms. The maximum absolute atomic E-state index is 4.96. The Labute approximate surface area is 56.4 Å². The highest BCUT2D eigenvalue weighted by molar-refractivity contribution is 7.92. The first-order valence-electron chi connectivity index (χ1n) is 2.48. The van der Waals surface area contributed by atoms with Gasteiger partial charge in [0.1, 0.15) is 18.0 Å². The van der Waals surface area contributed by atoms with Crippen LogP contribution in [0.2, 0.25) is 0 Å². The Morgan fingerprint density at radius 2 is 2.44 bits per heavy atom. The van der Waals surface area contributed by atoms with Gasteiger partial charge in [-0.05, 0) is 6.92 Å². The summed E-state index contributed by atoms with van der Waals surface area (Å²) in [5.41, 5.74) is 0. The molecule has 2 aliphatic heterocycles. The third kappa shape index (κ3) is 0.920. The summed E-state index contributed by atoms with van der Waals surface area (Å²) in [5.74, 6) is 0.115. The van der Waals surface area contributed by atoms with Crippen molar-refractivity contribution in [1.82, 2.24) is 4.72 Å². The van der Waals surface area contributed by atoms with Crippen LogP contribution in [0.15, 0.2) is 11.8 Å². The minimum absolute atomic E-state index is 0.674. The quantitative estimate of drug-likeness (QED) is 0.236. The van der Waals surface area contributed by atoms with Crippen LogP contribution in [0, 0.1) is 0 Å². The molecule has 0 aromatic rings. The largest absolute Gasteiger partial charge is 0.414 e. The highest BCUT2D eigenvalue weighted by Crippen LogP contribution is 2.35. The van der Waals surface area contributed by atoms with Crippen LogP contribution in [0.25, 0.3) is 0 Å². The van der Waals surface area contributed by atoms with Crippen molar-refractivity contribution >= 4 is 12.2 Å². The highest BCUT2D eigenvalue weighted by Gasteiger charge is 2.50. The standard InChI is InChI=1S/C4H5NO3S/c1-3-2-4(7-8-4)5-9-6-3/h2,5H,1H3. The molecule has 1 spiro atoms. The van der Waals surface area contributed by atoms with Gasteiger partial charge in [-0.3, -0.25) is 0 Å². The van der Waals surface area contributed by atoms with Crippen LogP contribution >= 0.6 is 12.2 Å². The van der Waals surface area contributed by atoms with E-state index in [0.29, 0.717) is 0 Å². The van der Waals surface area contributed by atoms with Gasteiger partial charge in [-0.2, -0.15) is 14.5 Å². The van der Waals surface area contributed by atoms with Gasteiger partial charge in [0.05, 0.1) is 0 Å². The first kappa shape index (κ1) is 5.55. The maximum Gasteiger partial charge on any atom is 0.322 e. The van der Waals surface area contributed by atoms with Crippen molar-refractivity contribution in [3.63, 3.8) is 0 Å². The van der Waals surface area contributed by atoms with Crippen LogP contribution in [0.5, 0.6) is 0 Å². The van der Waals surface area contributed by atoms with Gasteiger partial charge in [0.15, 0.2) is 0 Å². The molecule has 2 heterocycles. The van der Waals surface area contributed by atoms with Gasteiger partial charge in [-0.25, -0.2) is 0 Å². The number of hydrogen-bond donors (Lipinski definition) is 1. The molecule has 0 bridgehead atoms. The fourth-order valence-corrected chi connectivity index (χ4v) is 1.06. The van der Waals surface area contributed by atoms with Gasteiger partial charge in [0, 0.05) is 6.08 Å². The van der Waals surface area contributed by atoms with Crippen LogP contribution in [-0.4, -0.2) is 5.91 Å². The molecule has 50 valence electrons. The van der Waals surface area contributed by atoms with E-state index in [1.54, 1.807) is 6.08 Å². The Morgan fingerprint density at radius 3 is 2.89 bits per heavy atom. The van der Waals surface area contributed by atoms with Crippen LogP contribution in [0.3, 0.4) is 0 Å². The lowest BCUT2D eigenvalue weighted by molar-refractivity contribution is 0.0850. The van der Waals surface area contributed by atoms with E-state index in [1.807, 2.05) is 6.92 Å². The Morgan fingerprint density at radius 1 is 1.67 bits per heavy atom. The van der Waals surface area contributed by atoms with Crippen LogP contribution in [0.4, 0.5) is 0 Å². The molecule has 4 nitrogen and oxygen atoms in total. The Hall–Kier alpha value is -0.230. The molecule has 0 aliphatic carbocycles. The van der Waals surface area contributed by atoms with Crippen molar-refractivity contribution in [3.05, 3.63) is 11.8 Å². The summed E-state index contributed by atoms with van der Waals surface area (Å²) >= 11 is 1.10. The SMILES string of the molecule is CC1=CC2(NSO1)OO2. The Kier molecular flexibility index (Phi) is 1.01. The molecule has 0 aromatic heterocycles. The second-order valence-electron chi connectivity index (χ2n) is 1.86. The molecule has 0 atom stereocenters. The van der Waals surface area contributed by atoms with E-state index in [0.717, 1.165) is 18.0 Å². The third-order valence-corrected chi connectivity index (χ3v) is 1.73. The average Bonchev–Trinajstić information content (AvgIpc) is 2.49. The molecular formula is C4H5NO3S.